The maximum Gasteiger partial charge on any atom is 0.224 e. The van der Waals surface area contributed by atoms with Crippen LogP contribution in [0.5, 0.6) is 5.75 Å². The lowest BCUT2D eigenvalue weighted by Gasteiger charge is -2.32. The molecule has 1 saturated heterocycles. The Labute approximate surface area is 176 Å². The molecule has 0 amide bonds. The first-order valence-electron chi connectivity index (χ1n) is 9.91. The van der Waals surface area contributed by atoms with Crippen LogP contribution >= 0.6 is 0 Å². The minimum absolute atomic E-state index is 0.126. The Bertz CT molecular complexity index is 979. The third-order valence-electron chi connectivity index (χ3n) is 5.00. The summed E-state index contributed by atoms with van der Waals surface area (Å²) in [7, 11) is 5.52. The highest BCUT2D eigenvalue weighted by Gasteiger charge is 2.24. The van der Waals surface area contributed by atoms with Crippen molar-refractivity contribution >= 4 is 5.95 Å². The van der Waals surface area contributed by atoms with Gasteiger partial charge in [-0.3, -0.25) is 9.88 Å². The van der Waals surface area contributed by atoms with Crippen LogP contribution in [0.1, 0.15) is 17.4 Å². The molecule has 1 fully saturated rings. The first kappa shape index (κ1) is 20.2. The minimum atomic E-state index is -0.126. The molecule has 30 heavy (non-hydrogen) atoms. The minimum Gasteiger partial charge on any atom is -0.497 e. The largest absolute Gasteiger partial charge is 0.497 e. The van der Waals surface area contributed by atoms with Crippen LogP contribution in [0.3, 0.4) is 0 Å². The number of rotatable bonds is 6. The maximum absolute atomic E-state index is 6.01. The summed E-state index contributed by atoms with van der Waals surface area (Å²) in [5.41, 5.74) is 3.69. The molecule has 2 aromatic heterocycles. The summed E-state index contributed by atoms with van der Waals surface area (Å²) >= 11 is 0. The van der Waals surface area contributed by atoms with E-state index in [0.717, 1.165) is 47.9 Å². The summed E-state index contributed by atoms with van der Waals surface area (Å²) in [6, 6.07) is 7.82. The van der Waals surface area contributed by atoms with Gasteiger partial charge < -0.3 is 14.4 Å². The molecule has 0 saturated carbocycles. The smallest absolute Gasteiger partial charge is 0.224 e. The maximum atomic E-state index is 6.01. The third kappa shape index (κ3) is 4.72. The van der Waals surface area contributed by atoms with Crippen molar-refractivity contribution < 1.29 is 9.47 Å². The number of hydrogen-bond acceptors (Lipinski definition) is 8. The highest BCUT2D eigenvalue weighted by molar-refractivity contribution is 5.60. The van der Waals surface area contributed by atoms with E-state index < -0.39 is 0 Å². The molecule has 4 rings (SSSR count). The second-order valence-electron chi connectivity index (χ2n) is 7.44. The molecule has 0 spiro atoms. The molecular weight excluding hydrogens is 380 g/mol. The zero-order valence-electron chi connectivity index (χ0n) is 17.5. The van der Waals surface area contributed by atoms with Crippen LogP contribution in [-0.4, -0.2) is 65.7 Å². The van der Waals surface area contributed by atoms with E-state index in [4.69, 9.17) is 14.5 Å². The van der Waals surface area contributed by atoms with Gasteiger partial charge in [0.2, 0.25) is 5.95 Å². The Morgan fingerprint density at radius 3 is 2.77 bits per heavy atom. The summed E-state index contributed by atoms with van der Waals surface area (Å²) in [5.74, 6) is 1.51. The second kappa shape index (κ2) is 9.15. The average Bonchev–Trinajstić information content (AvgIpc) is 2.80. The lowest BCUT2D eigenvalue weighted by molar-refractivity contribution is -0.0351. The Balaban J connectivity index is 1.46. The number of nitrogens with zero attached hydrogens (tertiary/aromatic N) is 6. The van der Waals surface area contributed by atoms with Gasteiger partial charge in [0.25, 0.3) is 0 Å². The van der Waals surface area contributed by atoms with Gasteiger partial charge in [-0.2, -0.15) is 0 Å². The fourth-order valence-corrected chi connectivity index (χ4v) is 3.40. The lowest BCUT2D eigenvalue weighted by atomic mass is 10.1. The van der Waals surface area contributed by atoms with Gasteiger partial charge in [0.05, 0.1) is 37.5 Å². The molecule has 0 aliphatic carbocycles. The van der Waals surface area contributed by atoms with Crippen molar-refractivity contribution in [3.05, 3.63) is 60.3 Å². The Hall–Kier alpha value is -3.10. The normalized spacial score (nSPS) is 17.0. The molecule has 0 radical (unpaired) electrons. The topological polar surface area (TPSA) is 76.5 Å². The van der Waals surface area contributed by atoms with E-state index in [9.17, 15) is 0 Å². The molecular formula is C22H26N6O2. The van der Waals surface area contributed by atoms with Crippen molar-refractivity contribution in [3.8, 4) is 17.0 Å². The van der Waals surface area contributed by atoms with E-state index in [1.807, 2.05) is 55.7 Å². The number of methoxy groups -OCH3 is 1. The van der Waals surface area contributed by atoms with Crippen molar-refractivity contribution in [1.82, 2.24) is 24.8 Å². The fourth-order valence-electron chi connectivity index (χ4n) is 3.40. The van der Waals surface area contributed by atoms with E-state index in [2.05, 4.69) is 19.9 Å². The predicted molar refractivity (Wildman–Crippen MR) is 114 cm³/mol. The monoisotopic (exact) mass is 406 g/mol. The standard InChI is InChI=1S/C22H26N6O2/c1-27(2)22-24-10-16(11-25-22)14-28-7-8-30-21(15-28)20-13-23-12-19(26-20)17-5-4-6-18(9-17)29-3/h4-6,9-13,21H,7-8,14-15H2,1-3H3/t21-/m1/s1. The molecule has 1 aliphatic rings. The Kier molecular flexibility index (Phi) is 6.15. The summed E-state index contributed by atoms with van der Waals surface area (Å²) in [6.07, 6.45) is 7.19. The van der Waals surface area contributed by atoms with Gasteiger partial charge >= 0.3 is 0 Å². The third-order valence-corrected chi connectivity index (χ3v) is 5.00. The molecule has 156 valence electrons. The van der Waals surface area contributed by atoms with Gasteiger partial charge in [-0.15, -0.1) is 0 Å². The van der Waals surface area contributed by atoms with Crippen LogP contribution in [-0.2, 0) is 11.3 Å². The van der Waals surface area contributed by atoms with E-state index in [1.165, 1.54) is 0 Å². The van der Waals surface area contributed by atoms with Crippen LogP contribution in [0.25, 0.3) is 11.3 Å². The highest BCUT2D eigenvalue weighted by atomic mass is 16.5. The van der Waals surface area contributed by atoms with Gasteiger partial charge in [0, 0.05) is 57.3 Å². The first-order valence-corrected chi connectivity index (χ1v) is 9.91. The van der Waals surface area contributed by atoms with Crippen LogP contribution in [0.2, 0.25) is 0 Å². The van der Waals surface area contributed by atoms with Crippen molar-refractivity contribution in [2.45, 2.75) is 12.6 Å². The van der Waals surface area contributed by atoms with Crippen molar-refractivity contribution in [1.29, 1.82) is 0 Å². The van der Waals surface area contributed by atoms with Crippen LogP contribution < -0.4 is 9.64 Å². The zero-order chi connectivity index (χ0) is 20.9. The van der Waals surface area contributed by atoms with Crippen LogP contribution in [0, 0.1) is 0 Å². The first-order chi connectivity index (χ1) is 14.6. The molecule has 1 atom stereocenters. The lowest BCUT2D eigenvalue weighted by Crippen LogP contribution is -2.38. The van der Waals surface area contributed by atoms with Gasteiger partial charge in [-0.1, -0.05) is 12.1 Å². The number of benzene rings is 1. The molecule has 0 unspecified atom stereocenters. The number of anilines is 1. The molecule has 1 aromatic carbocycles. The van der Waals surface area contributed by atoms with Gasteiger partial charge in [0.15, 0.2) is 0 Å². The number of ether oxygens (including phenoxy) is 2. The average molecular weight is 406 g/mol. The SMILES string of the molecule is COc1cccc(-c2cncc([C@H]3CN(Cc4cnc(N(C)C)nc4)CCO3)n2)c1. The van der Waals surface area contributed by atoms with E-state index in [-0.39, 0.29) is 6.10 Å². The fraction of sp³-hybridized carbons (Fsp3) is 0.364. The van der Waals surface area contributed by atoms with Crippen molar-refractivity contribution in [2.75, 3.05) is 45.8 Å². The van der Waals surface area contributed by atoms with Crippen LogP contribution in [0.15, 0.2) is 49.1 Å². The van der Waals surface area contributed by atoms with E-state index in [1.54, 1.807) is 19.5 Å². The van der Waals surface area contributed by atoms with Crippen molar-refractivity contribution in [2.24, 2.45) is 0 Å². The molecule has 0 bridgehead atoms. The number of aromatic nitrogens is 4. The molecule has 3 heterocycles. The summed E-state index contributed by atoms with van der Waals surface area (Å²) in [6.45, 7) is 3.02. The molecule has 8 nitrogen and oxygen atoms in total. The van der Waals surface area contributed by atoms with Gasteiger partial charge in [0.1, 0.15) is 11.9 Å². The highest BCUT2D eigenvalue weighted by Crippen LogP contribution is 2.26. The van der Waals surface area contributed by atoms with Gasteiger partial charge in [-0.25, -0.2) is 15.0 Å². The zero-order valence-corrected chi connectivity index (χ0v) is 17.5. The summed E-state index contributed by atoms with van der Waals surface area (Å²) < 4.78 is 11.3. The summed E-state index contributed by atoms with van der Waals surface area (Å²) in [5, 5.41) is 0. The number of morpholine rings is 1. The quantitative estimate of drug-likeness (QED) is 0.618. The number of hydrogen-bond donors (Lipinski definition) is 0. The van der Waals surface area contributed by atoms with E-state index >= 15 is 0 Å². The van der Waals surface area contributed by atoms with Crippen molar-refractivity contribution in [3.63, 3.8) is 0 Å². The second-order valence-corrected chi connectivity index (χ2v) is 7.44. The molecule has 8 heteroatoms. The molecule has 3 aromatic rings. The van der Waals surface area contributed by atoms with E-state index in [0.29, 0.717) is 12.6 Å². The molecule has 1 aliphatic heterocycles. The van der Waals surface area contributed by atoms with Crippen LogP contribution in [0.4, 0.5) is 5.95 Å². The Morgan fingerprint density at radius 2 is 2.00 bits per heavy atom. The Morgan fingerprint density at radius 1 is 1.17 bits per heavy atom. The van der Waals surface area contributed by atoms with Gasteiger partial charge in [-0.05, 0) is 12.1 Å². The predicted octanol–water partition coefficient (Wildman–Crippen LogP) is 2.58. The molecule has 0 N–H and O–H groups in total. The summed E-state index contributed by atoms with van der Waals surface area (Å²) in [4.78, 5) is 22.3.